The van der Waals surface area contributed by atoms with E-state index in [0.29, 0.717) is 46.6 Å². The first-order chi connectivity index (χ1) is 15.8. The second kappa shape index (κ2) is 9.38. The first kappa shape index (κ1) is 23.0. The molecule has 1 aliphatic rings. The zero-order valence-electron chi connectivity index (χ0n) is 18.6. The van der Waals surface area contributed by atoms with E-state index in [1.54, 1.807) is 33.3 Å². The second-order valence-electron chi connectivity index (χ2n) is 7.93. The molecule has 1 saturated carbocycles. The molecule has 7 nitrogen and oxygen atoms in total. The van der Waals surface area contributed by atoms with Crippen molar-refractivity contribution in [2.75, 3.05) is 26.1 Å². The molecule has 0 bridgehead atoms. The van der Waals surface area contributed by atoms with E-state index in [9.17, 15) is 13.2 Å². The number of hydrogen-bond acceptors (Lipinski definition) is 7. The maximum atomic E-state index is 13.0. The fourth-order valence-electron chi connectivity index (χ4n) is 3.61. The zero-order valence-corrected chi connectivity index (χ0v) is 18.6. The van der Waals surface area contributed by atoms with Crippen LogP contribution in [0.2, 0.25) is 0 Å². The van der Waals surface area contributed by atoms with E-state index in [-0.39, 0.29) is 18.3 Å². The summed E-state index contributed by atoms with van der Waals surface area (Å²) in [5, 5.41) is 3.75. The van der Waals surface area contributed by atoms with E-state index < -0.39 is 11.9 Å². The third kappa shape index (κ3) is 5.44. The lowest BCUT2D eigenvalue weighted by atomic mass is 10.2. The number of fused-ring (bicyclic) bond motifs is 1. The number of anilines is 1. The lowest BCUT2D eigenvalue weighted by Crippen LogP contribution is -2.22. The summed E-state index contributed by atoms with van der Waals surface area (Å²) in [5.41, 5.74) is -0.0717. The molecule has 0 radical (unpaired) electrons. The highest BCUT2D eigenvalue weighted by Gasteiger charge is 2.33. The van der Waals surface area contributed by atoms with Crippen LogP contribution in [0.15, 0.2) is 30.3 Å². The van der Waals surface area contributed by atoms with Crippen molar-refractivity contribution in [1.82, 2.24) is 15.0 Å². The summed E-state index contributed by atoms with van der Waals surface area (Å²) in [6.45, 7) is 2.18. The van der Waals surface area contributed by atoms with Gasteiger partial charge in [0.05, 0.1) is 31.0 Å². The summed E-state index contributed by atoms with van der Waals surface area (Å²) < 4.78 is 56.0. The van der Waals surface area contributed by atoms with Crippen molar-refractivity contribution in [1.29, 1.82) is 0 Å². The molecule has 2 aromatic heterocycles. The number of hydrogen-bond donors (Lipinski definition) is 1. The van der Waals surface area contributed by atoms with E-state index in [4.69, 9.17) is 14.2 Å². The summed E-state index contributed by atoms with van der Waals surface area (Å²) in [5.74, 6) is 2.52. The second-order valence-corrected chi connectivity index (χ2v) is 7.93. The van der Waals surface area contributed by atoms with E-state index in [2.05, 4.69) is 20.3 Å². The molecule has 10 heteroatoms. The predicted octanol–water partition coefficient (Wildman–Crippen LogP) is 4.78. The molecule has 3 aromatic rings. The molecule has 0 spiro atoms. The minimum absolute atomic E-state index is 0.00393. The number of nitrogens with one attached hydrogen (secondary N) is 1. The number of methoxy groups -OCH3 is 2. The van der Waals surface area contributed by atoms with Crippen molar-refractivity contribution in [3.05, 3.63) is 47.5 Å². The number of benzene rings is 1. The molecular formula is C23H25F3N4O3. The third-order valence-electron chi connectivity index (χ3n) is 5.48. The van der Waals surface area contributed by atoms with Crippen molar-refractivity contribution in [2.45, 2.75) is 38.6 Å². The van der Waals surface area contributed by atoms with Crippen molar-refractivity contribution in [3.8, 4) is 11.5 Å². The fraction of sp³-hybridized carbons (Fsp3) is 0.435. The topological polar surface area (TPSA) is 78.4 Å². The Morgan fingerprint density at radius 1 is 1.09 bits per heavy atom. The first-order valence-electron chi connectivity index (χ1n) is 10.6. The Kier molecular flexibility index (Phi) is 6.55. The standard InChI is InChI=1S/C23H25F3N4O3/c1-13-28-17-10-18(31-2)19(33-12-20(32-3)14-7-8-14)9-16(17)22(29-13)27-11-15-5-4-6-21(30-15)23(24,25)26/h4-6,9-10,14,20H,7-8,11-12H2,1-3H3,(H,27,28,29). The van der Waals surface area contributed by atoms with Crippen LogP contribution in [0.5, 0.6) is 11.5 Å². The van der Waals surface area contributed by atoms with Gasteiger partial charge in [0.25, 0.3) is 0 Å². The van der Waals surface area contributed by atoms with E-state index >= 15 is 0 Å². The first-order valence-corrected chi connectivity index (χ1v) is 10.6. The number of aromatic nitrogens is 3. The number of rotatable bonds is 9. The average Bonchev–Trinajstić information content (AvgIpc) is 3.62. The molecule has 1 fully saturated rings. The van der Waals surface area contributed by atoms with Gasteiger partial charge >= 0.3 is 6.18 Å². The number of halogens is 3. The van der Waals surface area contributed by atoms with Crippen molar-refractivity contribution >= 4 is 16.7 Å². The normalized spacial score (nSPS) is 14.8. The van der Waals surface area contributed by atoms with Crippen molar-refractivity contribution in [3.63, 3.8) is 0 Å². The van der Waals surface area contributed by atoms with Gasteiger partial charge in [-0.25, -0.2) is 15.0 Å². The van der Waals surface area contributed by atoms with Gasteiger partial charge in [0, 0.05) is 18.6 Å². The molecule has 0 saturated heterocycles. The van der Waals surface area contributed by atoms with Gasteiger partial charge in [-0.15, -0.1) is 0 Å². The van der Waals surface area contributed by atoms with Crippen LogP contribution in [-0.2, 0) is 17.5 Å². The number of pyridine rings is 1. The lowest BCUT2D eigenvalue weighted by molar-refractivity contribution is -0.141. The monoisotopic (exact) mass is 462 g/mol. The molecule has 1 aromatic carbocycles. The van der Waals surface area contributed by atoms with Crippen LogP contribution >= 0.6 is 0 Å². The van der Waals surface area contributed by atoms with E-state index in [1.807, 2.05) is 0 Å². The van der Waals surface area contributed by atoms with Crippen LogP contribution in [0.3, 0.4) is 0 Å². The quantitative estimate of drug-likeness (QED) is 0.490. The fourth-order valence-corrected chi connectivity index (χ4v) is 3.61. The Morgan fingerprint density at radius 3 is 2.55 bits per heavy atom. The summed E-state index contributed by atoms with van der Waals surface area (Å²) in [6.07, 6.45) is -2.25. The molecule has 0 aliphatic heterocycles. The molecule has 0 amide bonds. The molecule has 1 atom stereocenters. The molecule has 1 aliphatic carbocycles. The van der Waals surface area contributed by atoms with Gasteiger partial charge in [-0.3, -0.25) is 0 Å². The van der Waals surface area contributed by atoms with Crippen LogP contribution < -0.4 is 14.8 Å². The molecule has 4 rings (SSSR count). The Morgan fingerprint density at radius 2 is 1.88 bits per heavy atom. The van der Waals surface area contributed by atoms with E-state index in [0.717, 1.165) is 18.9 Å². The maximum Gasteiger partial charge on any atom is 0.433 e. The summed E-state index contributed by atoms with van der Waals surface area (Å²) in [4.78, 5) is 12.6. The summed E-state index contributed by atoms with van der Waals surface area (Å²) >= 11 is 0. The Bertz CT molecular complexity index is 1140. The average molecular weight is 462 g/mol. The molecule has 176 valence electrons. The molecular weight excluding hydrogens is 437 g/mol. The van der Waals surface area contributed by atoms with Gasteiger partial charge in [0.1, 0.15) is 23.9 Å². The number of nitrogens with zero attached hydrogens (tertiary/aromatic N) is 3. The van der Waals surface area contributed by atoms with Crippen LogP contribution in [0.25, 0.3) is 10.9 Å². The van der Waals surface area contributed by atoms with Gasteiger partial charge in [-0.2, -0.15) is 13.2 Å². The van der Waals surface area contributed by atoms with Gasteiger partial charge in [-0.1, -0.05) is 6.07 Å². The van der Waals surface area contributed by atoms with Gasteiger partial charge in [-0.05, 0) is 43.9 Å². The number of alkyl halides is 3. The number of ether oxygens (including phenoxy) is 3. The highest BCUT2D eigenvalue weighted by atomic mass is 19.4. The number of aryl methyl sites for hydroxylation is 1. The SMILES string of the molecule is COc1cc2nc(C)nc(NCc3cccc(C(F)(F)F)n3)c2cc1OCC(OC)C1CC1. The van der Waals surface area contributed by atoms with E-state index in [1.165, 1.54) is 12.1 Å². The molecule has 1 unspecified atom stereocenters. The van der Waals surface area contributed by atoms with Crippen LogP contribution in [0, 0.1) is 12.8 Å². The largest absolute Gasteiger partial charge is 0.493 e. The summed E-state index contributed by atoms with van der Waals surface area (Å²) in [7, 11) is 3.22. The van der Waals surface area contributed by atoms with Crippen LogP contribution in [-0.4, -0.2) is 41.9 Å². The van der Waals surface area contributed by atoms with Crippen LogP contribution in [0.4, 0.5) is 19.0 Å². The Hall–Kier alpha value is -3.14. The minimum atomic E-state index is -4.50. The smallest absolute Gasteiger partial charge is 0.433 e. The zero-order chi connectivity index (χ0) is 23.6. The van der Waals surface area contributed by atoms with Gasteiger partial charge < -0.3 is 19.5 Å². The van der Waals surface area contributed by atoms with Gasteiger partial charge in [0.15, 0.2) is 11.5 Å². The molecule has 33 heavy (non-hydrogen) atoms. The Balaban J connectivity index is 1.60. The highest BCUT2D eigenvalue weighted by molar-refractivity contribution is 5.91. The minimum Gasteiger partial charge on any atom is -0.493 e. The van der Waals surface area contributed by atoms with Gasteiger partial charge in [0.2, 0.25) is 0 Å². The van der Waals surface area contributed by atoms with Crippen LogP contribution in [0.1, 0.15) is 30.1 Å². The molecule has 2 heterocycles. The predicted molar refractivity (Wildman–Crippen MR) is 116 cm³/mol. The van der Waals surface area contributed by atoms with Crippen molar-refractivity contribution < 1.29 is 27.4 Å². The maximum absolute atomic E-state index is 13.0. The highest BCUT2D eigenvalue weighted by Crippen LogP contribution is 2.37. The third-order valence-corrected chi connectivity index (χ3v) is 5.48. The molecule has 1 N–H and O–H groups in total. The van der Waals surface area contributed by atoms with Crippen molar-refractivity contribution in [2.24, 2.45) is 5.92 Å². The summed E-state index contributed by atoms with van der Waals surface area (Å²) in [6, 6.07) is 7.33. The Labute approximate surface area is 189 Å². The lowest BCUT2D eigenvalue weighted by Gasteiger charge is -2.18.